The first-order valence-corrected chi connectivity index (χ1v) is 9.18. The number of rotatable bonds is 6. The lowest BCUT2D eigenvalue weighted by molar-refractivity contribution is -0.128. The molecule has 0 atom stereocenters. The number of carbonyl (C=O) groups excluding carboxylic acids is 2. The normalized spacial score (nSPS) is 20.4. The third-order valence-corrected chi connectivity index (χ3v) is 5.19. The summed E-state index contributed by atoms with van der Waals surface area (Å²) < 4.78 is 0. The Hall–Kier alpha value is -1.88. The number of hydrogen-bond acceptors (Lipinski definition) is 3. The van der Waals surface area contributed by atoms with Gasteiger partial charge in [0.05, 0.1) is 0 Å². The Morgan fingerprint density at radius 3 is 2.24 bits per heavy atom. The van der Waals surface area contributed by atoms with Crippen molar-refractivity contribution in [2.45, 2.75) is 39.5 Å². The van der Waals surface area contributed by atoms with Crippen molar-refractivity contribution < 1.29 is 9.59 Å². The molecule has 1 fully saturated rings. The molecule has 25 heavy (non-hydrogen) atoms. The molecule has 0 aromatic heterocycles. The summed E-state index contributed by atoms with van der Waals surface area (Å²) >= 11 is 0. The predicted molar refractivity (Wildman–Crippen MR) is 102 cm³/mol. The molecule has 1 aromatic carbocycles. The van der Waals surface area contributed by atoms with Gasteiger partial charge in [-0.3, -0.25) is 9.59 Å². The maximum Gasteiger partial charge on any atom is 0.227 e. The van der Waals surface area contributed by atoms with Gasteiger partial charge >= 0.3 is 0 Å². The highest BCUT2D eigenvalue weighted by molar-refractivity contribution is 5.93. The van der Waals surface area contributed by atoms with E-state index in [0.717, 1.165) is 43.5 Å². The van der Waals surface area contributed by atoms with Crippen molar-refractivity contribution in [3.63, 3.8) is 0 Å². The highest BCUT2D eigenvalue weighted by Gasteiger charge is 2.30. The maximum atomic E-state index is 12.5. The van der Waals surface area contributed by atoms with Crippen LogP contribution in [0.1, 0.15) is 36.8 Å². The fourth-order valence-corrected chi connectivity index (χ4v) is 3.29. The van der Waals surface area contributed by atoms with Crippen molar-refractivity contribution >= 4 is 17.5 Å². The Morgan fingerprint density at radius 1 is 1.04 bits per heavy atom. The minimum absolute atomic E-state index is 0.00531. The SMILES string of the molecule is Cc1cccc(NC(=O)C2CCC(C(=O)NCCN(C)C)CC2)c1C. The smallest absolute Gasteiger partial charge is 0.227 e. The monoisotopic (exact) mass is 345 g/mol. The highest BCUT2D eigenvalue weighted by atomic mass is 16.2. The van der Waals surface area contributed by atoms with E-state index >= 15 is 0 Å². The topological polar surface area (TPSA) is 61.4 Å². The Kier molecular flexibility index (Phi) is 7.00. The quantitative estimate of drug-likeness (QED) is 0.833. The van der Waals surface area contributed by atoms with E-state index in [4.69, 9.17) is 0 Å². The molecule has 0 aliphatic heterocycles. The summed E-state index contributed by atoms with van der Waals surface area (Å²) in [6.45, 7) is 5.60. The summed E-state index contributed by atoms with van der Waals surface area (Å²) in [6.07, 6.45) is 3.14. The zero-order valence-corrected chi connectivity index (χ0v) is 15.9. The predicted octanol–water partition coefficient (Wildman–Crippen LogP) is 2.73. The van der Waals surface area contributed by atoms with Crippen LogP contribution in [0.15, 0.2) is 18.2 Å². The third-order valence-electron chi connectivity index (χ3n) is 5.19. The number of anilines is 1. The van der Waals surface area contributed by atoms with E-state index in [0.29, 0.717) is 6.54 Å². The average Bonchev–Trinajstić information content (AvgIpc) is 2.58. The van der Waals surface area contributed by atoms with Crippen LogP contribution < -0.4 is 10.6 Å². The number of nitrogens with one attached hydrogen (secondary N) is 2. The minimum atomic E-state index is 0.00531. The van der Waals surface area contributed by atoms with E-state index in [9.17, 15) is 9.59 Å². The van der Waals surface area contributed by atoms with Crippen LogP contribution in [0, 0.1) is 25.7 Å². The Balaban J connectivity index is 1.80. The fraction of sp³-hybridized carbons (Fsp3) is 0.600. The van der Waals surface area contributed by atoms with Gasteiger partial charge in [-0.1, -0.05) is 12.1 Å². The molecule has 2 amide bonds. The van der Waals surface area contributed by atoms with Crippen LogP contribution in [0.2, 0.25) is 0 Å². The number of likely N-dealkylation sites (N-methyl/N-ethyl adjacent to an activating group) is 1. The van der Waals surface area contributed by atoms with E-state index < -0.39 is 0 Å². The van der Waals surface area contributed by atoms with E-state index in [1.807, 2.05) is 46.1 Å². The summed E-state index contributed by atoms with van der Waals surface area (Å²) in [5.41, 5.74) is 3.19. The lowest BCUT2D eigenvalue weighted by Crippen LogP contribution is -2.38. The van der Waals surface area contributed by atoms with Crippen molar-refractivity contribution in [2.24, 2.45) is 11.8 Å². The molecule has 0 heterocycles. The molecule has 1 aliphatic rings. The number of aryl methyl sites for hydroxylation is 1. The Bertz CT molecular complexity index is 605. The Morgan fingerprint density at radius 2 is 1.64 bits per heavy atom. The molecule has 0 unspecified atom stereocenters. The van der Waals surface area contributed by atoms with E-state index in [1.54, 1.807) is 0 Å². The molecular formula is C20H31N3O2. The average molecular weight is 345 g/mol. The highest BCUT2D eigenvalue weighted by Crippen LogP contribution is 2.30. The van der Waals surface area contributed by atoms with Gasteiger partial charge in [0.15, 0.2) is 0 Å². The summed E-state index contributed by atoms with van der Waals surface area (Å²) in [7, 11) is 3.98. The van der Waals surface area contributed by atoms with Gasteiger partial charge in [0.2, 0.25) is 11.8 Å². The van der Waals surface area contributed by atoms with Gasteiger partial charge in [0.1, 0.15) is 0 Å². The second-order valence-electron chi connectivity index (χ2n) is 7.38. The molecule has 0 spiro atoms. The molecule has 5 nitrogen and oxygen atoms in total. The lowest BCUT2D eigenvalue weighted by atomic mass is 9.81. The second kappa shape index (κ2) is 8.99. The van der Waals surface area contributed by atoms with Gasteiger partial charge < -0.3 is 15.5 Å². The maximum absolute atomic E-state index is 12.5. The summed E-state index contributed by atoms with van der Waals surface area (Å²) in [5.74, 6) is 0.271. The molecule has 0 radical (unpaired) electrons. The molecule has 2 rings (SSSR count). The first kappa shape index (κ1) is 19.4. The summed E-state index contributed by atoms with van der Waals surface area (Å²) in [5, 5.41) is 6.07. The first-order chi connectivity index (χ1) is 11.9. The van der Waals surface area contributed by atoms with E-state index in [2.05, 4.69) is 15.5 Å². The van der Waals surface area contributed by atoms with Crippen LogP contribution in [-0.2, 0) is 9.59 Å². The molecule has 2 N–H and O–H groups in total. The number of nitrogens with zero attached hydrogens (tertiary/aromatic N) is 1. The van der Waals surface area contributed by atoms with Gasteiger partial charge in [0.25, 0.3) is 0 Å². The van der Waals surface area contributed by atoms with Crippen LogP contribution in [-0.4, -0.2) is 43.9 Å². The van der Waals surface area contributed by atoms with Crippen LogP contribution in [0.4, 0.5) is 5.69 Å². The number of carbonyl (C=O) groups is 2. The van der Waals surface area contributed by atoms with Crippen molar-refractivity contribution in [3.8, 4) is 0 Å². The largest absolute Gasteiger partial charge is 0.355 e. The van der Waals surface area contributed by atoms with Gasteiger partial charge in [-0.2, -0.15) is 0 Å². The zero-order chi connectivity index (χ0) is 18.4. The van der Waals surface area contributed by atoms with E-state index in [-0.39, 0.29) is 23.7 Å². The van der Waals surface area contributed by atoms with Gasteiger partial charge in [-0.05, 0) is 70.8 Å². The van der Waals surface area contributed by atoms with Crippen LogP contribution in [0.25, 0.3) is 0 Å². The zero-order valence-electron chi connectivity index (χ0n) is 15.9. The van der Waals surface area contributed by atoms with Crippen LogP contribution >= 0.6 is 0 Å². The van der Waals surface area contributed by atoms with E-state index in [1.165, 1.54) is 5.56 Å². The summed E-state index contributed by atoms with van der Waals surface area (Å²) in [4.78, 5) is 26.8. The van der Waals surface area contributed by atoms with Crippen molar-refractivity contribution in [1.82, 2.24) is 10.2 Å². The Labute approximate surface area is 151 Å². The number of benzene rings is 1. The minimum Gasteiger partial charge on any atom is -0.355 e. The molecule has 0 saturated heterocycles. The van der Waals surface area contributed by atoms with Crippen molar-refractivity contribution in [2.75, 3.05) is 32.5 Å². The third kappa shape index (κ3) is 5.56. The fourth-order valence-electron chi connectivity index (χ4n) is 3.29. The molecule has 5 heteroatoms. The number of hydrogen-bond donors (Lipinski definition) is 2. The molecule has 138 valence electrons. The van der Waals surface area contributed by atoms with Gasteiger partial charge in [0, 0.05) is 30.6 Å². The first-order valence-electron chi connectivity index (χ1n) is 9.18. The molecule has 1 saturated carbocycles. The van der Waals surface area contributed by atoms with Crippen LogP contribution in [0.3, 0.4) is 0 Å². The molecule has 0 bridgehead atoms. The second-order valence-corrected chi connectivity index (χ2v) is 7.38. The van der Waals surface area contributed by atoms with Gasteiger partial charge in [-0.25, -0.2) is 0 Å². The summed E-state index contributed by atoms with van der Waals surface area (Å²) in [6, 6.07) is 5.96. The van der Waals surface area contributed by atoms with Gasteiger partial charge in [-0.15, -0.1) is 0 Å². The standard InChI is InChI=1S/C20H31N3O2/c1-14-6-5-7-18(15(14)2)22-20(25)17-10-8-16(9-11-17)19(24)21-12-13-23(3)4/h5-7,16-17H,8-13H2,1-4H3,(H,21,24)(H,22,25). The molecular weight excluding hydrogens is 314 g/mol. The molecule has 1 aliphatic carbocycles. The van der Waals surface area contributed by atoms with Crippen molar-refractivity contribution in [3.05, 3.63) is 29.3 Å². The number of amides is 2. The van der Waals surface area contributed by atoms with Crippen LogP contribution in [0.5, 0.6) is 0 Å². The molecule has 1 aromatic rings. The van der Waals surface area contributed by atoms with Crippen molar-refractivity contribution in [1.29, 1.82) is 0 Å². The lowest BCUT2D eigenvalue weighted by Gasteiger charge is -2.27.